The number of nitrogens with two attached hydrogens (primary N) is 1. The largest absolute Gasteiger partial charge is 0.494 e. The van der Waals surface area contributed by atoms with Gasteiger partial charge in [0.2, 0.25) is 5.96 Å². The number of halogens is 1. The second-order valence-electron chi connectivity index (χ2n) is 3.90. The summed E-state index contributed by atoms with van der Waals surface area (Å²) in [4.78, 5) is 4.22. The van der Waals surface area contributed by atoms with Gasteiger partial charge in [0.1, 0.15) is 0 Å². The lowest BCUT2D eigenvalue weighted by Crippen LogP contribution is -2.36. The molecule has 1 aromatic rings. The number of hydrogen-bond acceptors (Lipinski definition) is 4. The van der Waals surface area contributed by atoms with Crippen molar-refractivity contribution in [3.8, 4) is 5.75 Å². The second-order valence-corrected chi connectivity index (χ2v) is 3.90. The van der Waals surface area contributed by atoms with Gasteiger partial charge in [0.25, 0.3) is 0 Å². The third kappa shape index (κ3) is 5.41. The minimum Gasteiger partial charge on any atom is -0.494 e. The number of hydrogen-bond donors (Lipinski definition) is 3. The van der Waals surface area contributed by atoms with E-state index in [0.717, 1.165) is 6.42 Å². The van der Waals surface area contributed by atoms with Crippen LogP contribution in [0, 0.1) is 5.82 Å². The van der Waals surface area contributed by atoms with E-state index in [2.05, 4.69) is 15.7 Å². The van der Waals surface area contributed by atoms with Crippen LogP contribution < -0.4 is 21.3 Å². The lowest BCUT2D eigenvalue weighted by atomic mass is 10.3. The molecular formula is C13H21FN4O2. The van der Waals surface area contributed by atoms with Crippen LogP contribution in [0.5, 0.6) is 5.75 Å². The Balaban J connectivity index is 2.54. The van der Waals surface area contributed by atoms with E-state index in [1.54, 1.807) is 6.07 Å². The van der Waals surface area contributed by atoms with E-state index < -0.39 is 5.82 Å². The Morgan fingerprint density at radius 3 is 2.85 bits per heavy atom. The van der Waals surface area contributed by atoms with Gasteiger partial charge in [-0.1, -0.05) is 0 Å². The molecule has 0 amide bonds. The number of nitrogens with zero attached hydrogens (tertiary/aromatic N) is 1. The number of anilines is 1. The molecule has 20 heavy (non-hydrogen) atoms. The minimum atomic E-state index is -0.454. The van der Waals surface area contributed by atoms with Gasteiger partial charge in [0, 0.05) is 31.5 Å². The van der Waals surface area contributed by atoms with Crippen molar-refractivity contribution in [2.75, 3.05) is 32.2 Å². The lowest BCUT2D eigenvalue weighted by Gasteiger charge is -2.10. The van der Waals surface area contributed by atoms with Gasteiger partial charge in [-0.3, -0.25) is 10.4 Å². The fourth-order valence-electron chi connectivity index (χ4n) is 1.50. The van der Waals surface area contributed by atoms with Gasteiger partial charge in [0.15, 0.2) is 11.6 Å². The van der Waals surface area contributed by atoms with Gasteiger partial charge < -0.3 is 14.8 Å². The van der Waals surface area contributed by atoms with E-state index in [1.165, 1.54) is 19.2 Å². The van der Waals surface area contributed by atoms with Crippen LogP contribution in [0.4, 0.5) is 10.1 Å². The number of guanidine groups is 1. The molecule has 0 heterocycles. The average molecular weight is 284 g/mol. The topological polar surface area (TPSA) is 80.9 Å². The highest BCUT2D eigenvalue weighted by Crippen LogP contribution is 2.20. The summed E-state index contributed by atoms with van der Waals surface area (Å²) in [7, 11) is 1.41. The first-order valence-corrected chi connectivity index (χ1v) is 6.40. The highest BCUT2D eigenvalue weighted by atomic mass is 19.1. The molecule has 4 N–H and O–H groups in total. The molecule has 0 atom stereocenters. The third-order valence-corrected chi connectivity index (χ3v) is 2.47. The molecule has 0 saturated carbocycles. The summed E-state index contributed by atoms with van der Waals surface area (Å²) in [6, 6.07) is 4.52. The summed E-state index contributed by atoms with van der Waals surface area (Å²) in [6.45, 7) is 3.84. The number of benzene rings is 1. The van der Waals surface area contributed by atoms with E-state index in [-0.39, 0.29) is 5.75 Å². The number of hydrazine groups is 1. The molecule has 0 unspecified atom stereocenters. The predicted octanol–water partition coefficient (Wildman–Crippen LogP) is 1.49. The van der Waals surface area contributed by atoms with Crippen molar-refractivity contribution in [3.63, 3.8) is 0 Å². The summed E-state index contributed by atoms with van der Waals surface area (Å²) in [5.74, 6) is 5.46. The molecule has 7 heteroatoms. The molecule has 0 radical (unpaired) electrons. The SMILES string of the molecule is CCOCCCN=C(NN)Nc1ccc(OC)c(F)c1. The van der Waals surface area contributed by atoms with Gasteiger partial charge >= 0.3 is 0 Å². The molecule has 1 aromatic carbocycles. The Morgan fingerprint density at radius 1 is 1.45 bits per heavy atom. The maximum absolute atomic E-state index is 13.5. The molecule has 0 fully saturated rings. The van der Waals surface area contributed by atoms with Crippen molar-refractivity contribution in [1.82, 2.24) is 5.43 Å². The number of rotatable bonds is 7. The van der Waals surface area contributed by atoms with E-state index in [4.69, 9.17) is 15.3 Å². The molecule has 112 valence electrons. The van der Waals surface area contributed by atoms with E-state index in [1.807, 2.05) is 6.92 Å². The van der Waals surface area contributed by atoms with Crippen LogP contribution in [0.1, 0.15) is 13.3 Å². The maximum Gasteiger partial charge on any atom is 0.210 e. The number of methoxy groups -OCH3 is 1. The quantitative estimate of drug-likeness (QED) is 0.232. The summed E-state index contributed by atoms with van der Waals surface area (Å²) >= 11 is 0. The molecule has 0 aromatic heterocycles. The van der Waals surface area contributed by atoms with E-state index in [0.29, 0.717) is 31.4 Å². The zero-order chi connectivity index (χ0) is 14.8. The molecule has 0 spiro atoms. The molecule has 1 rings (SSSR count). The van der Waals surface area contributed by atoms with Crippen LogP contribution in [0.25, 0.3) is 0 Å². The molecule has 0 aliphatic carbocycles. The zero-order valence-corrected chi connectivity index (χ0v) is 11.8. The summed E-state index contributed by atoms with van der Waals surface area (Å²) in [5, 5.41) is 2.89. The van der Waals surface area contributed by atoms with Crippen LogP contribution in [-0.4, -0.2) is 32.8 Å². The van der Waals surface area contributed by atoms with Crippen LogP contribution in [0.15, 0.2) is 23.2 Å². The number of aliphatic imine (C=N–C) groups is 1. The van der Waals surface area contributed by atoms with Gasteiger partial charge in [-0.05, 0) is 25.5 Å². The zero-order valence-electron chi connectivity index (χ0n) is 11.8. The Bertz CT molecular complexity index is 440. The summed E-state index contributed by atoms with van der Waals surface area (Å²) in [5.41, 5.74) is 2.97. The molecule has 0 aliphatic heterocycles. The predicted molar refractivity (Wildman–Crippen MR) is 77.3 cm³/mol. The molecule has 0 aliphatic rings. The van der Waals surface area contributed by atoms with Gasteiger partial charge in [-0.25, -0.2) is 10.2 Å². The Morgan fingerprint density at radius 2 is 2.25 bits per heavy atom. The van der Waals surface area contributed by atoms with Crippen molar-refractivity contribution >= 4 is 11.6 Å². The lowest BCUT2D eigenvalue weighted by molar-refractivity contribution is 0.146. The van der Waals surface area contributed by atoms with Crippen LogP contribution in [-0.2, 0) is 4.74 Å². The smallest absolute Gasteiger partial charge is 0.210 e. The number of ether oxygens (including phenoxy) is 2. The minimum absolute atomic E-state index is 0.187. The van der Waals surface area contributed by atoms with Crippen LogP contribution >= 0.6 is 0 Å². The van der Waals surface area contributed by atoms with Gasteiger partial charge in [-0.15, -0.1) is 0 Å². The van der Waals surface area contributed by atoms with Crippen molar-refractivity contribution < 1.29 is 13.9 Å². The first-order chi connectivity index (χ1) is 9.71. The van der Waals surface area contributed by atoms with Crippen molar-refractivity contribution in [1.29, 1.82) is 0 Å². The fourth-order valence-corrected chi connectivity index (χ4v) is 1.50. The Labute approximate surface area is 118 Å². The standard InChI is InChI=1S/C13H21FN4O2/c1-3-20-8-4-7-16-13(18-15)17-10-5-6-12(19-2)11(14)9-10/h5-6,9H,3-4,7-8,15H2,1-2H3,(H2,16,17,18). The van der Waals surface area contributed by atoms with Crippen molar-refractivity contribution in [2.24, 2.45) is 10.8 Å². The van der Waals surface area contributed by atoms with Crippen LogP contribution in [0.2, 0.25) is 0 Å². The van der Waals surface area contributed by atoms with Crippen molar-refractivity contribution in [2.45, 2.75) is 13.3 Å². The molecule has 0 saturated heterocycles. The first-order valence-electron chi connectivity index (χ1n) is 6.40. The monoisotopic (exact) mass is 284 g/mol. The van der Waals surface area contributed by atoms with Gasteiger partial charge in [-0.2, -0.15) is 0 Å². The fraction of sp³-hybridized carbons (Fsp3) is 0.462. The average Bonchev–Trinajstić information content (AvgIpc) is 2.46. The highest BCUT2D eigenvalue weighted by Gasteiger charge is 2.04. The normalized spacial score (nSPS) is 11.3. The van der Waals surface area contributed by atoms with Crippen LogP contribution in [0.3, 0.4) is 0 Å². The third-order valence-electron chi connectivity index (χ3n) is 2.47. The van der Waals surface area contributed by atoms with E-state index in [9.17, 15) is 4.39 Å². The Kier molecular flexibility index (Phi) is 7.38. The Hall–Kier alpha value is -1.86. The van der Waals surface area contributed by atoms with Crippen molar-refractivity contribution in [3.05, 3.63) is 24.0 Å². The highest BCUT2D eigenvalue weighted by molar-refractivity contribution is 5.93. The number of nitrogens with one attached hydrogen (secondary N) is 2. The molecular weight excluding hydrogens is 263 g/mol. The summed E-state index contributed by atoms with van der Waals surface area (Å²) in [6.07, 6.45) is 0.789. The molecule has 6 nitrogen and oxygen atoms in total. The van der Waals surface area contributed by atoms with E-state index >= 15 is 0 Å². The second kappa shape index (κ2) is 9.11. The van der Waals surface area contributed by atoms with Gasteiger partial charge in [0.05, 0.1) is 7.11 Å². The maximum atomic E-state index is 13.5. The first kappa shape index (κ1) is 16.2. The summed E-state index contributed by atoms with van der Waals surface area (Å²) < 4.78 is 23.6. The molecule has 0 bridgehead atoms.